The normalized spacial score (nSPS) is 15.7. The van der Waals surface area contributed by atoms with E-state index in [1.807, 2.05) is 0 Å². The molecule has 1 aromatic carbocycles. The zero-order chi connectivity index (χ0) is 24.6. The monoisotopic (exact) mass is 658 g/mol. The highest BCUT2D eigenvalue weighted by Crippen LogP contribution is 2.36. The van der Waals surface area contributed by atoms with Crippen molar-refractivity contribution in [1.29, 1.82) is 0 Å². The molecule has 11 heteroatoms. The predicted molar refractivity (Wildman–Crippen MR) is 139 cm³/mol. The number of halogens is 2. The lowest BCUT2D eigenvalue weighted by Gasteiger charge is -2.25. The van der Waals surface area contributed by atoms with Gasteiger partial charge in [-0.2, -0.15) is 0 Å². The molecule has 178 valence electrons. The number of rotatable bonds is 6. The zero-order valence-electron chi connectivity index (χ0n) is 18.7. The molecule has 3 heterocycles. The van der Waals surface area contributed by atoms with Gasteiger partial charge in [-0.1, -0.05) is 17.4 Å². The van der Waals surface area contributed by atoms with Crippen LogP contribution in [0.5, 0.6) is 11.5 Å². The number of hydrogen-bond donors (Lipinski definition) is 0. The molecule has 0 fully saturated rings. The van der Waals surface area contributed by atoms with Gasteiger partial charge < -0.3 is 18.6 Å². The summed E-state index contributed by atoms with van der Waals surface area (Å²) in [6, 6.07) is 6.34. The number of methoxy groups -OCH3 is 2. The van der Waals surface area contributed by atoms with Gasteiger partial charge in [0.15, 0.2) is 20.1 Å². The quantitative estimate of drug-likeness (QED) is 0.296. The first-order chi connectivity index (χ1) is 16.3. The van der Waals surface area contributed by atoms with Gasteiger partial charge in [0, 0.05) is 28.7 Å². The zero-order valence-corrected chi connectivity index (χ0v) is 23.2. The Morgan fingerprint density at radius 2 is 2.03 bits per heavy atom. The van der Waals surface area contributed by atoms with Crippen LogP contribution in [0.4, 0.5) is 0 Å². The van der Waals surface area contributed by atoms with Crippen LogP contribution in [0.1, 0.15) is 31.2 Å². The van der Waals surface area contributed by atoms with E-state index in [9.17, 15) is 9.59 Å². The number of aromatic nitrogens is 1. The summed E-state index contributed by atoms with van der Waals surface area (Å²) in [7, 11) is 3.08. The van der Waals surface area contributed by atoms with E-state index >= 15 is 0 Å². The van der Waals surface area contributed by atoms with Gasteiger partial charge in [-0.15, -0.1) is 0 Å². The standard InChI is InChI=1S/C23H20BrIN2O6S/c1-5-32-22(29)18-11(2)26-23-27(19(18)12-6-7-15(30-3)16(8-12)31-4)21(28)17(34-23)10-13-9-14(24)20(25)33-13/h6-10,19H,5H2,1-4H3/b17-10+/t19-/m1/s1. The molecule has 0 bridgehead atoms. The summed E-state index contributed by atoms with van der Waals surface area (Å²) in [5.74, 6) is 1.03. The minimum Gasteiger partial charge on any atom is -0.493 e. The van der Waals surface area contributed by atoms with Crippen LogP contribution >= 0.6 is 49.9 Å². The number of furan rings is 1. The van der Waals surface area contributed by atoms with Crippen LogP contribution in [0.3, 0.4) is 0 Å². The smallest absolute Gasteiger partial charge is 0.338 e. The van der Waals surface area contributed by atoms with Crippen LogP contribution in [0.25, 0.3) is 6.08 Å². The lowest BCUT2D eigenvalue weighted by Crippen LogP contribution is -2.39. The van der Waals surface area contributed by atoms with Crippen molar-refractivity contribution in [3.8, 4) is 11.5 Å². The Bertz CT molecular complexity index is 1470. The van der Waals surface area contributed by atoms with Gasteiger partial charge >= 0.3 is 5.97 Å². The highest BCUT2D eigenvalue weighted by molar-refractivity contribution is 14.1. The molecule has 0 saturated carbocycles. The molecule has 0 aliphatic carbocycles. The second kappa shape index (κ2) is 10.1. The van der Waals surface area contributed by atoms with Gasteiger partial charge in [-0.3, -0.25) is 9.36 Å². The number of fused-ring (bicyclic) bond motifs is 1. The summed E-state index contributed by atoms with van der Waals surface area (Å²) in [4.78, 5) is 31.6. The lowest BCUT2D eigenvalue weighted by atomic mass is 9.95. The van der Waals surface area contributed by atoms with Gasteiger partial charge in [-0.25, -0.2) is 9.79 Å². The molecular formula is C23H20BrIN2O6S. The van der Waals surface area contributed by atoms with Gasteiger partial charge in [0.2, 0.25) is 0 Å². The van der Waals surface area contributed by atoms with Crippen LogP contribution in [0, 0.1) is 3.77 Å². The molecule has 0 N–H and O–H groups in total. The number of thiazole rings is 1. The van der Waals surface area contributed by atoms with E-state index in [-0.39, 0.29) is 12.2 Å². The van der Waals surface area contributed by atoms with E-state index < -0.39 is 12.0 Å². The van der Waals surface area contributed by atoms with Crippen molar-refractivity contribution >= 4 is 61.9 Å². The largest absolute Gasteiger partial charge is 0.493 e. The number of esters is 1. The first-order valence-electron chi connectivity index (χ1n) is 10.2. The average Bonchev–Trinajstić information content (AvgIpc) is 3.29. The fourth-order valence-electron chi connectivity index (χ4n) is 3.69. The maximum absolute atomic E-state index is 13.6. The van der Waals surface area contributed by atoms with Gasteiger partial charge in [0.25, 0.3) is 5.56 Å². The molecule has 34 heavy (non-hydrogen) atoms. The number of allylic oxidation sites excluding steroid dienone is 1. The van der Waals surface area contributed by atoms with E-state index in [1.165, 1.54) is 23.0 Å². The molecule has 0 saturated heterocycles. The topological polar surface area (TPSA) is 92.3 Å². The third-order valence-corrected chi connectivity index (χ3v) is 8.29. The average molecular weight is 659 g/mol. The van der Waals surface area contributed by atoms with Crippen LogP contribution < -0.4 is 24.4 Å². The van der Waals surface area contributed by atoms with Crippen LogP contribution in [0.2, 0.25) is 0 Å². The number of hydrogen-bond acceptors (Lipinski definition) is 8. The molecule has 8 nitrogen and oxygen atoms in total. The van der Waals surface area contributed by atoms with Crippen LogP contribution in [-0.2, 0) is 9.53 Å². The lowest BCUT2D eigenvalue weighted by molar-refractivity contribution is -0.139. The second-order valence-corrected chi connectivity index (χ2v) is 10.0. The Balaban J connectivity index is 1.97. The summed E-state index contributed by atoms with van der Waals surface area (Å²) < 4.78 is 25.3. The minimum absolute atomic E-state index is 0.199. The molecule has 0 radical (unpaired) electrons. The summed E-state index contributed by atoms with van der Waals surface area (Å²) in [6.07, 6.45) is 1.67. The maximum Gasteiger partial charge on any atom is 0.338 e. The molecule has 0 amide bonds. The Labute approximate surface area is 220 Å². The first kappa shape index (κ1) is 24.7. The summed E-state index contributed by atoms with van der Waals surface area (Å²) in [6.45, 7) is 3.67. The Hall–Kier alpha value is -2.38. The summed E-state index contributed by atoms with van der Waals surface area (Å²) in [5.41, 5.74) is 1.16. The van der Waals surface area contributed by atoms with E-state index in [1.54, 1.807) is 51.3 Å². The predicted octanol–water partition coefficient (Wildman–Crippen LogP) is 3.78. The van der Waals surface area contributed by atoms with E-state index in [0.717, 1.165) is 4.47 Å². The molecule has 3 aromatic rings. The molecule has 1 atom stereocenters. The first-order valence-corrected chi connectivity index (χ1v) is 12.8. The maximum atomic E-state index is 13.6. The van der Waals surface area contributed by atoms with E-state index in [2.05, 4.69) is 43.5 Å². The molecule has 2 aromatic heterocycles. The summed E-state index contributed by atoms with van der Waals surface area (Å²) in [5, 5.41) is 0. The SMILES string of the molecule is CCOC(=O)C1=C(C)N=c2s/c(=C/c3cc(Br)c(I)o3)c(=O)n2[C@@H]1c1ccc(OC)c(OC)c1. The molecule has 1 aliphatic rings. The molecule has 1 aliphatic heterocycles. The van der Waals surface area contributed by atoms with E-state index in [4.69, 9.17) is 18.6 Å². The molecule has 0 unspecified atom stereocenters. The van der Waals surface area contributed by atoms with E-state index in [0.29, 0.717) is 47.2 Å². The Morgan fingerprint density at radius 1 is 1.29 bits per heavy atom. The van der Waals surface area contributed by atoms with Gasteiger partial charge in [-0.05, 0) is 53.5 Å². The van der Waals surface area contributed by atoms with Crippen LogP contribution in [-0.4, -0.2) is 31.4 Å². The highest BCUT2D eigenvalue weighted by atomic mass is 127. The number of nitrogens with zero attached hydrogens (tertiary/aromatic N) is 2. The highest BCUT2D eigenvalue weighted by Gasteiger charge is 2.34. The van der Waals surface area contributed by atoms with Crippen LogP contribution in [0.15, 0.2) is 54.2 Å². The third kappa shape index (κ3) is 4.48. The second-order valence-electron chi connectivity index (χ2n) is 7.19. The van der Waals surface area contributed by atoms with Crippen molar-refractivity contribution in [2.45, 2.75) is 19.9 Å². The number of benzene rings is 1. The Morgan fingerprint density at radius 3 is 2.65 bits per heavy atom. The fourth-order valence-corrected chi connectivity index (χ4v) is 5.44. The molecule has 0 spiro atoms. The molecule has 4 rings (SSSR count). The minimum atomic E-state index is -0.749. The fraction of sp³-hybridized carbons (Fsp3) is 0.261. The van der Waals surface area contributed by atoms with Gasteiger partial charge in [0.1, 0.15) is 5.76 Å². The third-order valence-electron chi connectivity index (χ3n) is 5.18. The summed E-state index contributed by atoms with van der Waals surface area (Å²) >= 11 is 6.71. The number of ether oxygens (including phenoxy) is 3. The van der Waals surface area contributed by atoms with Crippen molar-refractivity contribution in [2.24, 2.45) is 4.99 Å². The van der Waals surface area contributed by atoms with Crippen molar-refractivity contribution in [3.63, 3.8) is 0 Å². The van der Waals surface area contributed by atoms with Crippen molar-refractivity contribution in [3.05, 3.63) is 74.8 Å². The number of carbonyl (C=O) groups is 1. The molecular weight excluding hydrogens is 639 g/mol. The van der Waals surface area contributed by atoms with Crippen molar-refractivity contribution in [2.75, 3.05) is 20.8 Å². The Kier molecular flexibility index (Phi) is 7.33. The van der Waals surface area contributed by atoms with Gasteiger partial charge in [0.05, 0.1) is 47.1 Å². The van der Waals surface area contributed by atoms with Crippen molar-refractivity contribution in [1.82, 2.24) is 4.57 Å². The number of carbonyl (C=O) groups excluding carboxylic acids is 1. The van der Waals surface area contributed by atoms with Crippen molar-refractivity contribution < 1.29 is 23.4 Å².